The molecule has 0 spiro atoms. The summed E-state index contributed by atoms with van der Waals surface area (Å²) in [5.41, 5.74) is 3.18. The van der Waals surface area contributed by atoms with Gasteiger partial charge in [0, 0.05) is 41.5 Å². The maximum atomic E-state index is 11.9. The van der Waals surface area contributed by atoms with Crippen LogP contribution in [-0.2, 0) is 14.3 Å². The average molecular weight is 483 g/mol. The number of fused-ring (bicyclic) bond motifs is 2. The normalized spacial score (nSPS) is 15.1. The molecule has 9 heteroatoms. The van der Waals surface area contributed by atoms with Gasteiger partial charge in [0.25, 0.3) is 0 Å². The molecule has 180 valence electrons. The van der Waals surface area contributed by atoms with Crippen molar-refractivity contribution in [2.75, 3.05) is 44.3 Å². The number of morpholine rings is 1. The zero-order valence-corrected chi connectivity index (χ0v) is 19.7. The Kier molecular flexibility index (Phi) is 9.26. The monoisotopic (exact) mass is 482 g/mol. The van der Waals surface area contributed by atoms with E-state index < -0.39 is 11.9 Å². The molecule has 0 atom stereocenters. The predicted molar refractivity (Wildman–Crippen MR) is 125 cm³/mol. The van der Waals surface area contributed by atoms with Crippen molar-refractivity contribution in [3.63, 3.8) is 0 Å². The first kappa shape index (κ1) is 25.5. The van der Waals surface area contributed by atoms with E-state index >= 15 is 0 Å². The predicted octanol–water partition coefficient (Wildman–Crippen LogP) is 1.26. The summed E-state index contributed by atoms with van der Waals surface area (Å²) >= 11 is 1.79. The van der Waals surface area contributed by atoms with Crippen LogP contribution in [0.5, 0.6) is 0 Å². The highest BCUT2D eigenvalue weighted by molar-refractivity contribution is 7.99. The highest BCUT2D eigenvalue weighted by Gasteiger charge is 2.24. The van der Waals surface area contributed by atoms with E-state index in [9.17, 15) is 24.6 Å². The molecular weight excluding hydrogens is 456 g/mol. The van der Waals surface area contributed by atoms with Crippen LogP contribution in [0, 0.1) is 0 Å². The molecule has 8 nitrogen and oxygen atoms in total. The van der Waals surface area contributed by atoms with Crippen molar-refractivity contribution < 1.29 is 29.3 Å². The largest absolute Gasteiger partial charge is 0.545 e. The van der Waals surface area contributed by atoms with E-state index in [0.717, 1.165) is 57.1 Å². The highest BCUT2D eigenvalue weighted by atomic mass is 32.2. The zero-order chi connectivity index (χ0) is 24.5. The Hall–Kier alpha value is -3.14. The van der Waals surface area contributed by atoms with Crippen LogP contribution in [0.2, 0.25) is 0 Å². The lowest BCUT2D eigenvalue weighted by Crippen LogP contribution is -2.38. The number of ether oxygens (including phenoxy) is 1. The molecule has 0 aromatic heterocycles. The number of para-hydroxylation sites is 1. The van der Waals surface area contributed by atoms with Crippen LogP contribution in [-0.4, -0.2) is 62.0 Å². The van der Waals surface area contributed by atoms with Crippen LogP contribution >= 0.6 is 11.8 Å². The molecule has 34 heavy (non-hydrogen) atoms. The third-order valence-corrected chi connectivity index (χ3v) is 6.48. The van der Waals surface area contributed by atoms with Gasteiger partial charge < -0.3 is 29.4 Å². The minimum atomic E-state index is -1.55. The summed E-state index contributed by atoms with van der Waals surface area (Å²) in [5.74, 6) is -2.98. The van der Waals surface area contributed by atoms with Crippen molar-refractivity contribution in [2.45, 2.75) is 23.1 Å². The number of carbonyl (C=O) groups excluding carboxylic acids is 3. The summed E-state index contributed by atoms with van der Waals surface area (Å²) in [6.45, 7) is 7.39. The number of hydrogen-bond donors (Lipinski definition) is 0. The molecule has 0 bridgehead atoms. The molecule has 1 saturated heterocycles. The van der Waals surface area contributed by atoms with E-state index in [1.54, 1.807) is 18.7 Å². The summed E-state index contributed by atoms with van der Waals surface area (Å²) in [7, 11) is 0. The van der Waals surface area contributed by atoms with Gasteiger partial charge in [0.05, 0.1) is 36.5 Å². The number of anilines is 2. The quantitative estimate of drug-likeness (QED) is 0.425. The Morgan fingerprint density at radius 3 is 2.24 bits per heavy atom. The van der Waals surface area contributed by atoms with Gasteiger partial charge in [0.15, 0.2) is 5.78 Å². The number of rotatable bonds is 7. The van der Waals surface area contributed by atoms with Crippen LogP contribution in [0.15, 0.2) is 64.4 Å². The number of ketones is 1. The second kappa shape index (κ2) is 12.4. The second-order valence-corrected chi connectivity index (χ2v) is 8.82. The van der Waals surface area contributed by atoms with Crippen LogP contribution in [0.1, 0.15) is 23.7 Å². The van der Waals surface area contributed by atoms with Crippen molar-refractivity contribution in [3.05, 3.63) is 60.2 Å². The molecule has 0 radical (unpaired) electrons. The lowest BCUT2D eigenvalue weighted by Gasteiger charge is -2.34. The molecular formula is C25H26N2O6S-2. The number of hydrogen-bond acceptors (Lipinski definition) is 9. The van der Waals surface area contributed by atoms with Gasteiger partial charge in [-0.05, 0) is 49.8 Å². The topological polar surface area (TPSA) is 113 Å². The number of nitrogens with zero attached hydrogens (tertiary/aromatic N) is 2. The minimum Gasteiger partial charge on any atom is -0.545 e. The van der Waals surface area contributed by atoms with E-state index in [-0.39, 0.29) is 5.78 Å². The fraction of sp³-hybridized carbons (Fsp3) is 0.320. The smallest absolute Gasteiger partial charge is 0.159 e. The summed E-state index contributed by atoms with van der Waals surface area (Å²) in [4.78, 5) is 38.0. The summed E-state index contributed by atoms with van der Waals surface area (Å²) in [5, 5.41) is 18.8. The molecule has 2 aliphatic rings. The standard InChI is InChI=1S/C21H24N2O2S.C4H4O4/c1-16(24)17-7-8-21-19(15-17)23(18-5-2-3-6-20(18)26-21)10-4-9-22-11-13-25-14-12-22;5-3(6)1-2-4(7)8/h2-3,5-8,15H,4,9-14H2,1H3;1-2H,(H,5,6)(H,7,8)/p-2/b;2-1+. The number of aliphatic carboxylic acids is 2. The molecule has 2 aliphatic heterocycles. The van der Waals surface area contributed by atoms with Gasteiger partial charge in [-0.2, -0.15) is 0 Å². The second-order valence-electron chi connectivity index (χ2n) is 7.74. The number of carboxylic acid groups (broad SMARTS) is 2. The molecule has 0 unspecified atom stereocenters. The maximum Gasteiger partial charge on any atom is 0.159 e. The van der Waals surface area contributed by atoms with Crippen molar-refractivity contribution in [1.29, 1.82) is 0 Å². The lowest BCUT2D eigenvalue weighted by atomic mass is 10.1. The first-order chi connectivity index (χ1) is 16.3. The molecule has 2 aromatic carbocycles. The minimum absolute atomic E-state index is 0.116. The number of Topliss-reactive ketones (excluding diaryl/α,β-unsaturated/α-hetero) is 1. The molecule has 0 saturated carbocycles. The molecule has 1 fully saturated rings. The zero-order valence-electron chi connectivity index (χ0n) is 18.9. The Labute approximate surface area is 202 Å². The Morgan fingerprint density at radius 1 is 0.941 bits per heavy atom. The highest BCUT2D eigenvalue weighted by Crippen LogP contribution is 2.48. The Bertz CT molecular complexity index is 1050. The van der Waals surface area contributed by atoms with Crippen molar-refractivity contribution in [3.8, 4) is 0 Å². The first-order valence-corrected chi connectivity index (χ1v) is 11.8. The maximum absolute atomic E-state index is 11.9. The molecule has 2 heterocycles. The van der Waals surface area contributed by atoms with Crippen LogP contribution in [0.4, 0.5) is 11.4 Å². The molecule has 0 aliphatic carbocycles. The SMILES string of the molecule is CC(=O)c1ccc2c(c1)N(CCCN1CCOCC1)c1ccccc1S2.O=C([O-])/C=C/C(=O)[O-]. The van der Waals surface area contributed by atoms with E-state index in [1.165, 1.54) is 15.5 Å². The van der Waals surface area contributed by atoms with Crippen molar-refractivity contribution in [2.24, 2.45) is 0 Å². The van der Waals surface area contributed by atoms with Gasteiger partial charge in [0.1, 0.15) is 0 Å². The fourth-order valence-corrected chi connectivity index (χ4v) is 4.78. The summed E-state index contributed by atoms with van der Waals surface area (Å²) in [6, 6.07) is 14.6. The van der Waals surface area contributed by atoms with Gasteiger partial charge in [-0.3, -0.25) is 9.69 Å². The Balaban J connectivity index is 0.000000350. The van der Waals surface area contributed by atoms with Crippen molar-refractivity contribution in [1.82, 2.24) is 4.90 Å². The van der Waals surface area contributed by atoms with Gasteiger partial charge in [-0.1, -0.05) is 30.0 Å². The van der Waals surface area contributed by atoms with Gasteiger partial charge in [-0.15, -0.1) is 0 Å². The van der Waals surface area contributed by atoms with Crippen LogP contribution in [0.3, 0.4) is 0 Å². The van der Waals surface area contributed by atoms with Gasteiger partial charge in [0.2, 0.25) is 0 Å². The van der Waals surface area contributed by atoms with E-state index in [4.69, 9.17) is 4.74 Å². The summed E-state index contributed by atoms with van der Waals surface area (Å²) < 4.78 is 5.44. The third-order valence-electron chi connectivity index (χ3n) is 5.35. The summed E-state index contributed by atoms with van der Waals surface area (Å²) in [6.07, 6.45) is 1.85. The van der Waals surface area contributed by atoms with Crippen LogP contribution in [0.25, 0.3) is 0 Å². The molecule has 2 aromatic rings. The van der Waals surface area contributed by atoms with E-state index in [2.05, 4.69) is 46.2 Å². The average Bonchev–Trinajstić information content (AvgIpc) is 2.83. The molecule has 0 amide bonds. The fourth-order valence-electron chi connectivity index (χ4n) is 3.70. The first-order valence-electron chi connectivity index (χ1n) is 10.9. The number of benzene rings is 2. The number of carbonyl (C=O) groups is 3. The molecule has 0 N–H and O–H groups in total. The van der Waals surface area contributed by atoms with Crippen LogP contribution < -0.4 is 15.1 Å². The number of carboxylic acids is 2. The lowest BCUT2D eigenvalue weighted by molar-refractivity contribution is -0.301. The third kappa shape index (κ3) is 7.18. The van der Waals surface area contributed by atoms with E-state index in [1.807, 2.05) is 6.07 Å². The van der Waals surface area contributed by atoms with E-state index in [0.29, 0.717) is 12.2 Å². The van der Waals surface area contributed by atoms with Gasteiger partial charge in [-0.25, -0.2) is 0 Å². The van der Waals surface area contributed by atoms with Gasteiger partial charge >= 0.3 is 0 Å². The van der Waals surface area contributed by atoms with Crippen molar-refractivity contribution >= 4 is 40.9 Å². The Morgan fingerprint density at radius 2 is 1.59 bits per heavy atom. The molecule has 4 rings (SSSR count).